The zero-order valence-corrected chi connectivity index (χ0v) is 24.1. The summed E-state index contributed by atoms with van der Waals surface area (Å²) in [6.45, 7) is 7.57. The Balaban J connectivity index is 1.20. The molecule has 0 unspecified atom stereocenters. The lowest BCUT2D eigenvalue weighted by molar-refractivity contribution is 0.0688. The molecule has 5 heterocycles. The van der Waals surface area contributed by atoms with Gasteiger partial charge < -0.3 is 15.6 Å². The molecule has 2 aliphatic carbocycles. The van der Waals surface area contributed by atoms with Crippen LogP contribution in [0.15, 0.2) is 85.7 Å². The van der Waals surface area contributed by atoms with Crippen LogP contribution in [0.4, 0.5) is 0 Å². The van der Waals surface area contributed by atoms with Gasteiger partial charge in [-0.05, 0) is 102 Å². The number of aromatic nitrogens is 5. The third kappa shape index (κ3) is 5.12. The number of aromatic carboxylic acids is 1. The molecule has 0 aromatic carbocycles. The average Bonchev–Trinajstić information content (AvgIpc) is 3.06. The number of carbonyl (C=O) groups excluding carboxylic acids is 1. The first-order valence-corrected chi connectivity index (χ1v) is 14.3. The third-order valence-corrected chi connectivity index (χ3v) is 7.98. The molecule has 0 atom stereocenters. The number of nitrogens with two attached hydrogens (primary N) is 1. The summed E-state index contributed by atoms with van der Waals surface area (Å²) in [6, 6.07) is 14.3. The zero-order valence-electron chi connectivity index (χ0n) is 24.1. The van der Waals surface area contributed by atoms with Crippen molar-refractivity contribution in [3.05, 3.63) is 125 Å². The van der Waals surface area contributed by atoms with Gasteiger partial charge in [0.05, 0.1) is 34.7 Å². The van der Waals surface area contributed by atoms with Crippen molar-refractivity contribution >= 4 is 28.5 Å². The Kier molecular flexibility index (Phi) is 6.74. The van der Waals surface area contributed by atoms with E-state index in [1.54, 1.807) is 30.3 Å². The number of ether oxygens (including phenoxy) is 1. The van der Waals surface area contributed by atoms with Gasteiger partial charge in [0.1, 0.15) is 17.1 Å². The van der Waals surface area contributed by atoms with Gasteiger partial charge in [-0.15, -0.1) is 0 Å². The van der Waals surface area contributed by atoms with Crippen LogP contribution in [0, 0.1) is 0 Å². The fourth-order valence-electron chi connectivity index (χ4n) is 5.67. The third-order valence-electron chi connectivity index (χ3n) is 7.98. The number of aryl methyl sites for hydroxylation is 4. The first kappa shape index (κ1) is 27.8. The first-order valence-electron chi connectivity index (χ1n) is 14.3. The SMILES string of the molecule is C=C/C(N)=C\C(=C)c1ccc(OC(=O)c2ccc3c(n2)-c2nc4nc5c(cc4cc2CC3)CCc2ccc(C(=O)O)nc2-5)cn1. The van der Waals surface area contributed by atoms with Crippen molar-refractivity contribution in [2.24, 2.45) is 5.73 Å². The molecule has 0 fully saturated rings. The second-order valence-electron chi connectivity index (χ2n) is 10.9. The molecule has 0 saturated heterocycles. The number of carbonyl (C=O) groups is 2. The molecule has 10 heteroatoms. The van der Waals surface area contributed by atoms with E-state index in [9.17, 15) is 14.7 Å². The number of esters is 1. The minimum atomic E-state index is -1.09. The Labute approximate surface area is 257 Å². The lowest BCUT2D eigenvalue weighted by Crippen LogP contribution is -2.15. The van der Waals surface area contributed by atoms with E-state index in [-0.39, 0.29) is 17.1 Å². The Morgan fingerprint density at radius 2 is 1.33 bits per heavy atom. The monoisotopic (exact) mass is 594 g/mol. The van der Waals surface area contributed by atoms with Crippen LogP contribution in [0.5, 0.6) is 5.75 Å². The quantitative estimate of drug-likeness (QED) is 0.195. The van der Waals surface area contributed by atoms with E-state index in [0.717, 1.165) is 53.3 Å². The Morgan fingerprint density at radius 3 is 1.91 bits per heavy atom. The van der Waals surface area contributed by atoms with E-state index in [2.05, 4.69) is 35.3 Å². The summed E-state index contributed by atoms with van der Waals surface area (Å²) in [7, 11) is 0. The number of allylic oxidation sites excluding steroid dienone is 3. The van der Waals surface area contributed by atoms with Crippen LogP contribution < -0.4 is 10.5 Å². The lowest BCUT2D eigenvalue weighted by atomic mass is 9.89. The van der Waals surface area contributed by atoms with Crippen molar-refractivity contribution in [2.75, 3.05) is 0 Å². The van der Waals surface area contributed by atoms with Gasteiger partial charge in [-0.3, -0.25) is 4.98 Å². The van der Waals surface area contributed by atoms with Gasteiger partial charge in [0.2, 0.25) is 0 Å². The van der Waals surface area contributed by atoms with Crippen molar-refractivity contribution < 1.29 is 19.4 Å². The standard InChI is InChI=1S/C35H26N6O4/c1-3-24(36)14-18(2)26-13-10-25(17-37-26)45-35(44)28-12-9-20-5-7-22-16-23-15-21-6-4-19-8-11-27(34(42)43)38-29(19)31(21)40-33(23)41-32(22)30(20)39-28/h3,8-17H,1-2,4-7,36H2,(H,42,43)/b24-14+. The maximum absolute atomic E-state index is 13.1. The van der Waals surface area contributed by atoms with Gasteiger partial charge in [0.25, 0.3) is 0 Å². The van der Waals surface area contributed by atoms with Crippen molar-refractivity contribution in [1.29, 1.82) is 0 Å². The normalized spacial score (nSPS) is 13.2. The lowest BCUT2D eigenvalue weighted by Gasteiger charge is -2.21. The number of pyridine rings is 5. The number of carboxylic acid groups (broad SMARTS) is 1. The molecule has 7 rings (SSSR count). The van der Waals surface area contributed by atoms with E-state index in [4.69, 9.17) is 25.4 Å². The van der Waals surface area contributed by atoms with Crippen LogP contribution in [-0.2, 0) is 25.7 Å². The average molecular weight is 595 g/mol. The van der Waals surface area contributed by atoms with Crippen LogP contribution in [-0.4, -0.2) is 42.0 Å². The van der Waals surface area contributed by atoms with Gasteiger partial charge in [0.15, 0.2) is 5.65 Å². The van der Waals surface area contributed by atoms with Crippen LogP contribution in [0.1, 0.15) is 48.9 Å². The molecule has 0 radical (unpaired) electrons. The van der Waals surface area contributed by atoms with Crippen molar-refractivity contribution in [2.45, 2.75) is 25.7 Å². The molecule has 45 heavy (non-hydrogen) atoms. The zero-order chi connectivity index (χ0) is 31.2. The summed E-state index contributed by atoms with van der Waals surface area (Å²) in [5.41, 5.74) is 14.5. The minimum absolute atomic E-state index is 0.0255. The Morgan fingerprint density at radius 1 is 0.778 bits per heavy atom. The fourth-order valence-corrected chi connectivity index (χ4v) is 5.67. The van der Waals surface area contributed by atoms with E-state index >= 15 is 0 Å². The molecule has 10 nitrogen and oxygen atoms in total. The molecule has 5 aromatic rings. The van der Waals surface area contributed by atoms with Crippen molar-refractivity contribution in [1.82, 2.24) is 24.9 Å². The van der Waals surface area contributed by atoms with E-state index in [1.807, 2.05) is 6.07 Å². The van der Waals surface area contributed by atoms with Gasteiger partial charge in [-0.25, -0.2) is 29.5 Å². The molecular formula is C35H26N6O4. The summed E-state index contributed by atoms with van der Waals surface area (Å²) in [5, 5.41) is 10.4. The minimum Gasteiger partial charge on any atom is -0.477 e. The molecule has 2 aliphatic rings. The predicted molar refractivity (Wildman–Crippen MR) is 168 cm³/mol. The summed E-state index contributed by atoms with van der Waals surface area (Å²) in [5.74, 6) is -1.45. The topological polar surface area (TPSA) is 154 Å². The van der Waals surface area contributed by atoms with Crippen molar-refractivity contribution in [3.8, 4) is 28.5 Å². The summed E-state index contributed by atoms with van der Waals surface area (Å²) >= 11 is 0. The molecule has 0 bridgehead atoms. The molecule has 0 saturated carbocycles. The highest BCUT2D eigenvalue weighted by atomic mass is 16.5. The highest BCUT2D eigenvalue weighted by Crippen LogP contribution is 2.36. The number of rotatable bonds is 6. The van der Waals surface area contributed by atoms with Gasteiger partial charge in [-0.1, -0.05) is 25.3 Å². The maximum atomic E-state index is 13.1. The molecule has 0 aliphatic heterocycles. The van der Waals surface area contributed by atoms with Gasteiger partial charge >= 0.3 is 11.9 Å². The number of fused-ring (bicyclic) bond motifs is 7. The Bertz CT molecular complexity index is 2140. The molecular weight excluding hydrogens is 568 g/mol. The van der Waals surface area contributed by atoms with E-state index in [1.165, 1.54) is 18.3 Å². The second-order valence-corrected chi connectivity index (χ2v) is 10.9. The second kappa shape index (κ2) is 10.9. The molecule has 3 N–H and O–H groups in total. The van der Waals surface area contributed by atoms with E-state index < -0.39 is 11.9 Å². The van der Waals surface area contributed by atoms with Crippen molar-refractivity contribution in [3.63, 3.8) is 0 Å². The summed E-state index contributed by atoms with van der Waals surface area (Å²) in [4.78, 5) is 47.9. The fraction of sp³-hybridized carbons (Fsp3) is 0.114. The van der Waals surface area contributed by atoms with Crippen LogP contribution >= 0.6 is 0 Å². The van der Waals surface area contributed by atoms with Crippen LogP contribution in [0.2, 0.25) is 0 Å². The largest absolute Gasteiger partial charge is 0.477 e. The smallest absolute Gasteiger partial charge is 0.362 e. The highest BCUT2D eigenvalue weighted by Gasteiger charge is 2.25. The maximum Gasteiger partial charge on any atom is 0.362 e. The summed E-state index contributed by atoms with van der Waals surface area (Å²) in [6.07, 6.45) is 7.68. The van der Waals surface area contributed by atoms with Gasteiger partial charge in [-0.2, -0.15) is 0 Å². The molecule has 0 spiro atoms. The number of hydrogen-bond donors (Lipinski definition) is 2. The molecule has 0 amide bonds. The number of hydrogen-bond acceptors (Lipinski definition) is 9. The molecule has 5 aromatic heterocycles. The van der Waals surface area contributed by atoms with E-state index in [0.29, 0.717) is 45.4 Å². The predicted octanol–water partition coefficient (Wildman–Crippen LogP) is 5.31. The first-order chi connectivity index (χ1) is 21.8. The van der Waals surface area contributed by atoms with Gasteiger partial charge in [0, 0.05) is 11.1 Å². The molecule has 220 valence electrons. The van der Waals surface area contributed by atoms with Crippen LogP contribution in [0.25, 0.3) is 39.4 Å². The number of nitrogens with zero attached hydrogens (tertiary/aromatic N) is 5. The highest BCUT2D eigenvalue weighted by molar-refractivity contribution is 5.91. The number of carboxylic acids is 1. The van der Waals surface area contributed by atoms with Crippen LogP contribution in [0.3, 0.4) is 0 Å². The summed E-state index contributed by atoms with van der Waals surface area (Å²) < 4.78 is 5.58. The Hall–Kier alpha value is -6.03.